The van der Waals surface area contributed by atoms with E-state index in [4.69, 9.17) is 34.8 Å². The highest BCUT2D eigenvalue weighted by molar-refractivity contribution is 5.88. The first-order chi connectivity index (χ1) is 33.6. The van der Waals surface area contributed by atoms with Crippen LogP contribution in [0.5, 0.6) is 0 Å². The van der Waals surface area contributed by atoms with Gasteiger partial charge in [0.05, 0.1) is 49.0 Å². The van der Waals surface area contributed by atoms with Gasteiger partial charge in [-0.1, -0.05) is 48.6 Å². The predicted molar refractivity (Wildman–Crippen MR) is 261 cm³/mol. The highest BCUT2D eigenvalue weighted by atomic mass is 16.5. The number of amides is 2. The van der Waals surface area contributed by atoms with Gasteiger partial charge >= 0.3 is 6.09 Å². The minimum Gasteiger partial charge on any atom is -0.453 e. The third-order valence-electron chi connectivity index (χ3n) is 17.0. The summed E-state index contributed by atoms with van der Waals surface area (Å²) in [6.45, 7) is 5.41. The van der Waals surface area contributed by atoms with Gasteiger partial charge in [0.15, 0.2) is 5.82 Å². The number of fused-ring (bicyclic) bond motifs is 3. The van der Waals surface area contributed by atoms with Crippen molar-refractivity contribution in [2.24, 2.45) is 23.2 Å². The lowest BCUT2D eigenvalue weighted by atomic mass is 9.88. The number of imidazole rings is 2. The first-order valence-corrected chi connectivity index (χ1v) is 25.5. The molecule has 2 saturated carbocycles. The minimum absolute atomic E-state index is 0.00577. The number of aromatic amines is 1. The van der Waals surface area contributed by atoms with Crippen molar-refractivity contribution in [3.63, 3.8) is 0 Å². The van der Waals surface area contributed by atoms with Gasteiger partial charge in [-0.3, -0.25) is 15.0 Å². The van der Waals surface area contributed by atoms with Crippen LogP contribution in [0.3, 0.4) is 0 Å². The fourth-order valence-corrected chi connectivity index (χ4v) is 12.8. The van der Waals surface area contributed by atoms with Gasteiger partial charge in [-0.25, -0.2) is 19.4 Å². The lowest BCUT2D eigenvalue weighted by Gasteiger charge is -2.40. The number of hydrogen-bond donors (Lipinski definition) is 5. The summed E-state index contributed by atoms with van der Waals surface area (Å²) in [5.41, 5.74) is 5.35. The van der Waals surface area contributed by atoms with Gasteiger partial charge in [0, 0.05) is 57.6 Å². The summed E-state index contributed by atoms with van der Waals surface area (Å²) < 4.78 is 23.6. The monoisotopic (exact) mass is 944 g/mol. The zero-order valence-electron chi connectivity index (χ0n) is 40.2. The van der Waals surface area contributed by atoms with Gasteiger partial charge < -0.3 is 45.1 Å². The number of piperidine rings is 1. The number of methoxy groups -OCH3 is 2. The number of aromatic nitrogens is 4. The predicted octanol–water partition coefficient (Wildman–Crippen LogP) is 6.69. The van der Waals surface area contributed by atoms with Crippen LogP contribution in [0.4, 0.5) is 4.79 Å². The van der Waals surface area contributed by atoms with Crippen molar-refractivity contribution in [2.75, 3.05) is 53.0 Å². The number of carbonyl (C=O) groups excluding carboxylic acids is 2. The summed E-state index contributed by atoms with van der Waals surface area (Å²) in [6, 6.07) is 12.3. The molecule has 7 aliphatic rings. The second kappa shape index (κ2) is 19.2. The van der Waals surface area contributed by atoms with E-state index in [-0.39, 0.29) is 59.5 Å². The Kier molecular flexibility index (Phi) is 12.9. The van der Waals surface area contributed by atoms with Gasteiger partial charge in [0.1, 0.15) is 24.3 Å². The summed E-state index contributed by atoms with van der Waals surface area (Å²) >= 11 is 0. The van der Waals surface area contributed by atoms with Crippen LogP contribution in [-0.4, -0.2) is 124 Å². The van der Waals surface area contributed by atoms with E-state index in [9.17, 15) is 14.7 Å². The Labute approximate surface area is 404 Å². The quantitative estimate of drug-likeness (QED) is 0.0665. The van der Waals surface area contributed by atoms with E-state index in [1.165, 1.54) is 30.9 Å². The molecule has 9 atom stereocenters. The normalized spacial score (nSPS) is 27.7. The number of nitrogens with one attached hydrogen (secondary N) is 3. The molecule has 11 rings (SSSR count). The Morgan fingerprint density at radius 2 is 1.71 bits per heavy atom. The Morgan fingerprint density at radius 3 is 2.43 bits per heavy atom. The van der Waals surface area contributed by atoms with Crippen molar-refractivity contribution < 1.29 is 33.6 Å². The van der Waals surface area contributed by atoms with E-state index in [1.54, 1.807) is 11.8 Å². The second-order valence-electron chi connectivity index (χ2n) is 21.0. The first kappa shape index (κ1) is 46.3. The molecule has 2 aromatic carbocycles. The van der Waals surface area contributed by atoms with E-state index < -0.39 is 18.4 Å². The zero-order chi connectivity index (χ0) is 47.4. The Hall–Kier alpha value is -5.10. The molecule has 4 aromatic rings. The molecule has 2 amide bonds. The number of rotatable bonds is 14. The number of ether oxygens (including phenoxy) is 4. The van der Waals surface area contributed by atoms with Crippen molar-refractivity contribution >= 4 is 28.3 Å². The van der Waals surface area contributed by atoms with E-state index in [0.717, 1.165) is 85.2 Å². The molecule has 9 unspecified atom stereocenters. The molecule has 3 aliphatic carbocycles. The number of likely N-dealkylation sites (tertiary alicyclic amines) is 2. The smallest absolute Gasteiger partial charge is 0.407 e. The SMILES string of the molecule is COC(=O)NC(C(=O)N1C2CCC(C2)C1c1ncc(C2=CCC(c3ccc4cc(-c5cnc(C6CC7(CC7)CN6C(O)C(NC(C)OC)C6CCOCC6)[nH]5)ccc4c3)C=C2)n1N)C1CCOCC1. The van der Waals surface area contributed by atoms with Gasteiger partial charge in [-0.15, -0.1) is 0 Å². The van der Waals surface area contributed by atoms with Crippen molar-refractivity contribution in [3.05, 3.63) is 89.9 Å². The highest BCUT2D eigenvalue weighted by Crippen LogP contribution is 2.59. The van der Waals surface area contributed by atoms with Gasteiger partial charge in [-0.2, -0.15) is 0 Å². The average molecular weight is 944 g/mol. The molecule has 16 heteroatoms. The summed E-state index contributed by atoms with van der Waals surface area (Å²) in [5.74, 6) is 9.11. The molecule has 6 N–H and O–H groups in total. The molecule has 2 bridgehead atoms. The molecular formula is C53H69N9O7. The fourth-order valence-electron chi connectivity index (χ4n) is 12.8. The number of nitrogens with two attached hydrogens (primary N) is 1. The molecule has 0 radical (unpaired) electrons. The van der Waals surface area contributed by atoms with Crippen LogP contribution in [-0.2, 0) is 23.7 Å². The van der Waals surface area contributed by atoms with Crippen molar-refractivity contribution in [1.29, 1.82) is 0 Å². The minimum atomic E-state index is -0.702. The van der Waals surface area contributed by atoms with Crippen LogP contribution in [0.2, 0.25) is 0 Å². The maximum absolute atomic E-state index is 14.5. The number of benzene rings is 2. The Bertz CT molecular complexity index is 2580. The molecule has 1 spiro atoms. The number of H-pyrrole nitrogens is 1. The number of aliphatic hydroxyl groups is 1. The maximum Gasteiger partial charge on any atom is 0.407 e. The molecule has 16 nitrogen and oxygen atoms in total. The zero-order valence-corrected chi connectivity index (χ0v) is 40.2. The van der Waals surface area contributed by atoms with E-state index in [0.29, 0.717) is 51.0 Å². The summed E-state index contributed by atoms with van der Waals surface area (Å²) in [4.78, 5) is 44.8. The fraction of sp³-hybridized carbons (Fsp3) is 0.585. The average Bonchev–Trinajstić information content (AvgIpc) is 3.98. The van der Waals surface area contributed by atoms with E-state index in [1.807, 2.05) is 24.2 Å². The standard InChI is InChI=1S/C53H69N9O7/c1-31(66-2)57-45(34-14-20-68-21-15-34)50(63)60-30-53(18-19-53)27-43(60)48-55-28-42(58-48)39-11-10-37-24-36(8-9-38(37)25-39)32-4-6-33(7-5-32)44-29-56-49(62(44)54)47-40-12-13-41(26-40)61(47)51(64)46(59-52(65)67-3)35-16-22-69-23-17-35/h4,6-11,24-25,28-29,31-32,34-35,40-41,43,45-47,50,57,63H,5,12-23,26-27,30,54H2,1-3H3,(H,55,58)(H,59,65). The first-order valence-electron chi connectivity index (χ1n) is 25.5. The molecule has 4 saturated heterocycles. The van der Waals surface area contributed by atoms with Crippen LogP contribution in [0.25, 0.3) is 27.6 Å². The lowest BCUT2D eigenvalue weighted by Crippen LogP contribution is -2.56. The van der Waals surface area contributed by atoms with Gasteiger partial charge in [0.2, 0.25) is 5.91 Å². The molecule has 6 fully saturated rings. The van der Waals surface area contributed by atoms with Crippen molar-refractivity contribution in [1.82, 2.24) is 40.1 Å². The largest absolute Gasteiger partial charge is 0.453 e. The van der Waals surface area contributed by atoms with Crippen LogP contribution < -0.4 is 16.5 Å². The molecule has 4 aliphatic heterocycles. The second-order valence-corrected chi connectivity index (χ2v) is 21.0. The number of carbonyl (C=O) groups is 2. The van der Waals surface area contributed by atoms with Gasteiger partial charge in [0.25, 0.3) is 0 Å². The molecule has 368 valence electrons. The van der Waals surface area contributed by atoms with Crippen molar-refractivity contribution in [2.45, 2.75) is 126 Å². The number of hydrogen-bond acceptors (Lipinski definition) is 12. The number of alkyl carbamates (subject to hydrolysis) is 1. The molecular weight excluding hydrogens is 875 g/mol. The third kappa shape index (κ3) is 9.01. The number of allylic oxidation sites excluding steroid dienone is 4. The van der Waals surface area contributed by atoms with Crippen LogP contribution in [0, 0.1) is 23.2 Å². The maximum atomic E-state index is 14.5. The Morgan fingerprint density at radius 1 is 0.957 bits per heavy atom. The molecule has 6 heterocycles. The van der Waals surface area contributed by atoms with Gasteiger partial charge in [-0.05, 0) is 129 Å². The van der Waals surface area contributed by atoms with E-state index >= 15 is 0 Å². The summed E-state index contributed by atoms with van der Waals surface area (Å²) in [5, 5.41) is 21.0. The van der Waals surface area contributed by atoms with Crippen LogP contribution in [0.15, 0.2) is 67.0 Å². The van der Waals surface area contributed by atoms with E-state index in [2.05, 4.69) is 75.1 Å². The van der Waals surface area contributed by atoms with Crippen LogP contribution in [0.1, 0.15) is 118 Å². The Balaban J connectivity index is 0.769. The topological polar surface area (TPSA) is 194 Å². The number of nitrogen functional groups attached to an aromatic ring is 1. The lowest BCUT2D eigenvalue weighted by molar-refractivity contribution is -0.140. The molecule has 2 aromatic heterocycles. The molecule has 69 heavy (non-hydrogen) atoms. The number of nitrogens with zero attached hydrogens (tertiary/aromatic N) is 5. The highest BCUT2D eigenvalue weighted by Gasteiger charge is 2.56. The van der Waals surface area contributed by atoms with Crippen molar-refractivity contribution in [3.8, 4) is 11.3 Å². The third-order valence-corrected chi connectivity index (χ3v) is 17.0. The number of aliphatic hydroxyl groups excluding tert-OH is 1. The summed E-state index contributed by atoms with van der Waals surface area (Å²) in [7, 11) is 3.03. The van der Waals surface area contributed by atoms with Crippen LogP contribution >= 0.6 is 0 Å². The summed E-state index contributed by atoms with van der Waals surface area (Å²) in [6.07, 6.45) is 19.2.